The van der Waals surface area contributed by atoms with Gasteiger partial charge >= 0.3 is 0 Å². The van der Waals surface area contributed by atoms with Gasteiger partial charge < -0.3 is 10.8 Å². The van der Waals surface area contributed by atoms with Crippen molar-refractivity contribution in [3.63, 3.8) is 0 Å². The van der Waals surface area contributed by atoms with Crippen molar-refractivity contribution < 1.29 is 13.9 Å². The van der Waals surface area contributed by atoms with Crippen LogP contribution in [0.1, 0.15) is 32.4 Å². The van der Waals surface area contributed by atoms with Crippen LogP contribution in [0.3, 0.4) is 0 Å². The molecule has 0 aromatic heterocycles. The number of aliphatic hydroxyl groups excluding tert-OH is 1. The maximum absolute atomic E-state index is 13.4. The number of hydrogen-bond donors (Lipinski definition) is 2. The molecule has 0 bridgehead atoms. The first-order valence-electron chi connectivity index (χ1n) is 5.12. The van der Waals surface area contributed by atoms with Crippen molar-refractivity contribution in [3.05, 3.63) is 35.4 Å². The molecule has 1 aromatic rings. The highest BCUT2D eigenvalue weighted by atomic mass is 35.5. The molecule has 0 aliphatic heterocycles. The van der Waals surface area contributed by atoms with Crippen LogP contribution in [-0.4, -0.2) is 11.2 Å². The second kappa shape index (κ2) is 5.76. The summed E-state index contributed by atoms with van der Waals surface area (Å²) < 4.78 is 26.1. The van der Waals surface area contributed by atoms with Crippen molar-refractivity contribution in [3.8, 4) is 0 Å². The normalized spacial score (nSPS) is 15.0. The van der Waals surface area contributed by atoms with Gasteiger partial charge in [0, 0.05) is 11.6 Å². The highest BCUT2D eigenvalue weighted by Gasteiger charge is 2.30. The molecular weight excluding hydrogens is 248 g/mol. The molecule has 3 N–H and O–H groups in total. The smallest absolute Gasteiger partial charge is 0.130 e. The van der Waals surface area contributed by atoms with Gasteiger partial charge in [-0.25, -0.2) is 8.78 Å². The van der Waals surface area contributed by atoms with E-state index in [2.05, 4.69) is 0 Å². The molecule has 0 unspecified atom stereocenters. The average Bonchev–Trinajstić information content (AvgIpc) is 2.14. The molecular formula is C12H18ClF2NO. The second-order valence-electron chi connectivity index (χ2n) is 5.00. The zero-order chi connectivity index (χ0) is 12.5. The van der Waals surface area contributed by atoms with Gasteiger partial charge in [0.1, 0.15) is 11.6 Å². The fourth-order valence-electron chi connectivity index (χ4n) is 1.48. The SMILES string of the molecule is CC(C)(C)[C@@H](O)[C@@H](N)c1ccc(F)cc1F.Cl. The summed E-state index contributed by atoms with van der Waals surface area (Å²) in [5.41, 5.74) is 5.43. The Hall–Kier alpha value is -0.710. The molecule has 2 atom stereocenters. The molecule has 98 valence electrons. The minimum atomic E-state index is -0.896. The molecule has 2 nitrogen and oxygen atoms in total. The maximum Gasteiger partial charge on any atom is 0.130 e. The van der Waals surface area contributed by atoms with E-state index in [9.17, 15) is 13.9 Å². The predicted octanol–water partition coefficient (Wildman–Crippen LogP) is 2.79. The van der Waals surface area contributed by atoms with Crippen molar-refractivity contribution in [2.45, 2.75) is 32.9 Å². The largest absolute Gasteiger partial charge is 0.391 e. The summed E-state index contributed by atoms with van der Waals surface area (Å²) in [4.78, 5) is 0. The molecule has 0 spiro atoms. The quantitative estimate of drug-likeness (QED) is 0.864. The van der Waals surface area contributed by atoms with Crippen LogP contribution in [-0.2, 0) is 0 Å². The number of rotatable bonds is 2. The molecule has 0 saturated heterocycles. The number of benzene rings is 1. The molecule has 0 amide bonds. The van der Waals surface area contributed by atoms with Gasteiger partial charge in [-0.05, 0) is 11.5 Å². The van der Waals surface area contributed by atoms with Gasteiger partial charge in [-0.1, -0.05) is 26.8 Å². The van der Waals surface area contributed by atoms with Gasteiger partial charge in [-0.3, -0.25) is 0 Å². The van der Waals surface area contributed by atoms with Crippen LogP contribution in [0.5, 0.6) is 0 Å². The highest BCUT2D eigenvalue weighted by Crippen LogP contribution is 2.29. The molecule has 0 saturated carbocycles. The summed E-state index contributed by atoms with van der Waals surface area (Å²) in [6, 6.07) is 2.31. The molecule has 0 radical (unpaired) electrons. The third-order valence-electron chi connectivity index (χ3n) is 2.55. The third kappa shape index (κ3) is 3.91. The Morgan fingerprint density at radius 1 is 1.24 bits per heavy atom. The fraction of sp³-hybridized carbons (Fsp3) is 0.500. The van der Waals surface area contributed by atoms with Crippen molar-refractivity contribution >= 4 is 12.4 Å². The summed E-state index contributed by atoms with van der Waals surface area (Å²) in [6.07, 6.45) is -0.896. The lowest BCUT2D eigenvalue weighted by atomic mass is 9.82. The van der Waals surface area contributed by atoms with E-state index in [1.54, 1.807) is 20.8 Å². The first-order chi connectivity index (χ1) is 7.23. The second-order valence-corrected chi connectivity index (χ2v) is 5.00. The molecule has 1 rings (SSSR count). The van der Waals surface area contributed by atoms with E-state index < -0.39 is 29.2 Å². The van der Waals surface area contributed by atoms with Crippen molar-refractivity contribution in [1.82, 2.24) is 0 Å². The van der Waals surface area contributed by atoms with Crippen molar-refractivity contribution in [1.29, 1.82) is 0 Å². The Kier molecular flexibility index (Phi) is 5.52. The van der Waals surface area contributed by atoms with Crippen molar-refractivity contribution in [2.24, 2.45) is 11.1 Å². The average molecular weight is 266 g/mol. The Bertz CT molecular complexity index is 379. The molecule has 0 fully saturated rings. The molecule has 0 heterocycles. The van der Waals surface area contributed by atoms with Crippen LogP contribution < -0.4 is 5.73 Å². The Morgan fingerprint density at radius 2 is 1.76 bits per heavy atom. The van der Waals surface area contributed by atoms with E-state index in [-0.39, 0.29) is 18.0 Å². The van der Waals surface area contributed by atoms with E-state index in [4.69, 9.17) is 5.73 Å². The summed E-state index contributed by atoms with van der Waals surface area (Å²) in [5.74, 6) is -1.38. The molecule has 0 aliphatic rings. The van der Waals surface area contributed by atoms with Gasteiger partial charge in [-0.15, -0.1) is 12.4 Å². The van der Waals surface area contributed by atoms with Gasteiger partial charge in [0.05, 0.1) is 12.1 Å². The monoisotopic (exact) mass is 265 g/mol. The number of aliphatic hydroxyl groups is 1. The summed E-state index contributed by atoms with van der Waals surface area (Å²) in [7, 11) is 0. The van der Waals surface area contributed by atoms with Gasteiger partial charge in [0.25, 0.3) is 0 Å². The standard InChI is InChI=1S/C12H17F2NO.ClH/c1-12(2,3)11(16)10(15)8-5-4-7(13)6-9(8)14;/h4-6,10-11,16H,15H2,1-3H3;1H/t10-,11-;/m0./s1. The highest BCUT2D eigenvalue weighted by molar-refractivity contribution is 5.85. The van der Waals surface area contributed by atoms with E-state index in [0.29, 0.717) is 0 Å². The first-order valence-corrected chi connectivity index (χ1v) is 5.12. The molecule has 1 aromatic carbocycles. The topological polar surface area (TPSA) is 46.2 Å². The van der Waals surface area contributed by atoms with E-state index in [0.717, 1.165) is 12.1 Å². The van der Waals surface area contributed by atoms with Gasteiger partial charge in [0.2, 0.25) is 0 Å². The minimum Gasteiger partial charge on any atom is -0.391 e. The third-order valence-corrected chi connectivity index (χ3v) is 2.55. The summed E-state index contributed by atoms with van der Waals surface area (Å²) in [5, 5.41) is 9.92. The predicted molar refractivity (Wildman–Crippen MR) is 66.0 cm³/mol. The van der Waals surface area contributed by atoms with Crippen LogP contribution in [0, 0.1) is 17.0 Å². The maximum atomic E-state index is 13.4. The Morgan fingerprint density at radius 3 is 2.18 bits per heavy atom. The number of hydrogen-bond acceptors (Lipinski definition) is 2. The van der Waals surface area contributed by atoms with Crippen LogP contribution in [0.25, 0.3) is 0 Å². The minimum absolute atomic E-state index is 0. The lowest BCUT2D eigenvalue weighted by molar-refractivity contribution is 0.0391. The van der Waals surface area contributed by atoms with Gasteiger partial charge in [0.15, 0.2) is 0 Å². The summed E-state index contributed by atoms with van der Waals surface area (Å²) in [6.45, 7) is 5.41. The van der Waals surface area contributed by atoms with E-state index in [1.165, 1.54) is 6.07 Å². The molecule has 0 aliphatic carbocycles. The van der Waals surface area contributed by atoms with Crippen LogP contribution in [0.4, 0.5) is 8.78 Å². The molecule has 17 heavy (non-hydrogen) atoms. The summed E-state index contributed by atoms with van der Waals surface area (Å²) >= 11 is 0. The fourth-order valence-corrected chi connectivity index (χ4v) is 1.48. The lowest BCUT2D eigenvalue weighted by Gasteiger charge is -2.31. The lowest BCUT2D eigenvalue weighted by Crippen LogP contribution is -2.37. The van der Waals surface area contributed by atoms with Crippen LogP contribution >= 0.6 is 12.4 Å². The number of halogens is 3. The first kappa shape index (κ1) is 16.3. The van der Waals surface area contributed by atoms with Crippen molar-refractivity contribution in [2.75, 3.05) is 0 Å². The Balaban J connectivity index is 0.00000256. The zero-order valence-corrected chi connectivity index (χ0v) is 10.9. The number of nitrogens with two attached hydrogens (primary N) is 1. The van der Waals surface area contributed by atoms with Crippen LogP contribution in [0.15, 0.2) is 18.2 Å². The van der Waals surface area contributed by atoms with E-state index >= 15 is 0 Å². The molecule has 5 heteroatoms. The van der Waals surface area contributed by atoms with Gasteiger partial charge in [-0.2, -0.15) is 0 Å². The zero-order valence-electron chi connectivity index (χ0n) is 10.1. The van der Waals surface area contributed by atoms with Crippen LogP contribution in [0.2, 0.25) is 0 Å². The Labute approximate surface area is 106 Å². The van der Waals surface area contributed by atoms with E-state index in [1.807, 2.05) is 0 Å².